The normalized spacial score (nSPS) is 21.7. The van der Waals surface area contributed by atoms with Crippen molar-refractivity contribution in [2.75, 3.05) is 6.54 Å². The van der Waals surface area contributed by atoms with E-state index in [0.717, 1.165) is 60.1 Å². The van der Waals surface area contributed by atoms with Gasteiger partial charge in [0, 0.05) is 31.1 Å². The van der Waals surface area contributed by atoms with Crippen LogP contribution in [0.2, 0.25) is 0 Å². The molecule has 0 unspecified atom stereocenters. The minimum absolute atomic E-state index is 0.185. The molecule has 2 atom stereocenters. The monoisotopic (exact) mass is 555 g/mol. The molecule has 7 heteroatoms. The average Bonchev–Trinajstić information content (AvgIpc) is 2.97. The first-order valence-corrected chi connectivity index (χ1v) is 14.7. The van der Waals surface area contributed by atoms with Crippen LogP contribution >= 0.6 is 0 Å². The van der Waals surface area contributed by atoms with Gasteiger partial charge >= 0.3 is 6.09 Å². The van der Waals surface area contributed by atoms with Gasteiger partial charge in [-0.2, -0.15) is 0 Å². The van der Waals surface area contributed by atoms with Crippen molar-refractivity contribution in [3.05, 3.63) is 89.7 Å². The minimum Gasteiger partial charge on any atom is -0.438 e. The first-order chi connectivity index (χ1) is 19.5. The molecule has 2 heterocycles. The van der Waals surface area contributed by atoms with E-state index in [0.29, 0.717) is 19.4 Å². The standard InChI is InChI=1S/C34H41N3O4/c1-24(37-21-20-34(41-31(37)39,23-32(2,3)40)28-10-6-4-7-11-28)25-12-14-26(15-13-25)27-16-17-29(36-22-27)33(30(35)38)18-8-5-9-19-33/h4,6-7,10-17,22,24,40H,5,8-9,18-21,23H2,1-3H3,(H2,35,38)/t24-,34-/m0/s1. The molecular weight excluding hydrogens is 514 g/mol. The molecule has 1 aromatic heterocycles. The van der Waals surface area contributed by atoms with Gasteiger partial charge in [-0.25, -0.2) is 4.79 Å². The van der Waals surface area contributed by atoms with Gasteiger partial charge in [0.15, 0.2) is 0 Å². The number of primary amides is 1. The number of carbonyl (C=O) groups excluding carboxylic acids is 2. The Bertz CT molecular complexity index is 1360. The van der Waals surface area contributed by atoms with Gasteiger partial charge in [-0.15, -0.1) is 0 Å². The molecule has 2 aliphatic rings. The molecule has 216 valence electrons. The third kappa shape index (κ3) is 5.87. The molecule has 2 amide bonds. The smallest absolute Gasteiger partial charge is 0.411 e. The van der Waals surface area contributed by atoms with E-state index in [1.807, 2.05) is 79.9 Å². The first-order valence-electron chi connectivity index (χ1n) is 14.7. The minimum atomic E-state index is -0.996. The lowest BCUT2D eigenvalue weighted by molar-refractivity contribution is -0.124. The van der Waals surface area contributed by atoms with Crippen LogP contribution in [0.3, 0.4) is 0 Å². The van der Waals surface area contributed by atoms with E-state index in [4.69, 9.17) is 10.5 Å². The molecule has 3 N–H and O–H groups in total. The molecule has 3 aromatic rings. The summed E-state index contributed by atoms with van der Waals surface area (Å²) in [6, 6.07) is 21.6. The lowest BCUT2D eigenvalue weighted by atomic mass is 9.71. The Morgan fingerprint density at radius 1 is 1.00 bits per heavy atom. The van der Waals surface area contributed by atoms with Gasteiger partial charge in [0.2, 0.25) is 5.91 Å². The highest BCUT2D eigenvalue weighted by molar-refractivity contribution is 5.86. The highest BCUT2D eigenvalue weighted by Crippen LogP contribution is 2.43. The van der Waals surface area contributed by atoms with Crippen molar-refractivity contribution in [1.29, 1.82) is 0 Å². The summed E-state index contributed by atoms with van der Waals surface area (Å²) in [4.78, 5) is 32.2. The van der Waals surface area contributed by atoms with Crippen LogP contribution < -0.4 is 5.73 Å². The second kappa shape index (κ2) is 11.3. The Morgan fingerprint density at radius 2 is 1.66 bits per heavy atom. The molecule has 1 aliphatic carbocycles. The van der Waals surface area contributed by atoms with Gasteiger partial charge in [0.1, 0.15) is 5.60 Å². The van der Waals surface area contributed by atoms with Crippen LogP contribution in [-0.4, -0.2) is 39.1 Å². The van der Waals surface area contributed by atoms with Gasteiger partial charge in [0.25, 0.3) is 0 Å². The fraction of sp³-hybridized carbons (Fsp3) is 0.441. The number of rotatable bonds is 8. The van der Waals surface area contributed by atoms with Crippen molar-refractivity contribution in [2.45, 2.75) is 88.4 Å². The van der Waals surface area contributed by atoms with Gasteiger partial charge in [-0.1, -0.05) is 79.9 Å². The first kappa shape index (κ1) is 28.8. The predicted octanol–water partition coefficient (Wildman–Crippen LogP) is 6.40. The maximum absolute atomic E-state index is 13.4. The largest absolute Gasteiger partial charge is 0.438 e. The second-order valence-corrected chi connectivity index (χ2v) is 12.4. The molecule has 0 bridgehead atoms. The van der Waals surface area contributed by atoms with Crippen LogP contribution in [0.25, 0.3) is 11.1 Å². The van der Waals surface area contributed by atoms with Gasteiger partial charge in [-0.3, -0.25) is 9.78 Å². The van der Waals surface area contributed by atoms with Gasteiger partial charge in [0.05, 0.1) is 22.8 Å². The fourth-order valence-electron chi connectivity index (χ4n) is 6.66. The van der Waals surface area contributed by atoms with E-state index in [-0.39, 0.29) is 18.0 Å². The highest BCUT2D eigenvalue weighted by atomic mass is 16.6. The number of aliphatic hydroxyl groups is 1. The predicted molar refractivity (Wildman–Crippen MR) is 159 cm³/mol. The van der Waals surface area contributed by atoms with E-state index < -0.39 is 16.6 Å². The quantitative estimate of drug-likeness (QED) is 0.335. The molecule has 0 radical (unpaired) electrons. The number of ether oxygens (including phenoxy) is 1. The lowest BCUT2D eigenvalue weighted by Gasteiger charge is -2.45. The molecule has 2 aromatic carbocycles. The Morgan fingerprint density at radius 3 is 2.22 bits per heavy atom. The van der Waals surface area contributed by atoms with E-state index in [9.17, 15) is 14.7 Å². The number of pyridine rings is 1. The summed E-state index contributed by atoms with van der Waals surface area (Å²) in [6.07, 6.45) is 6.95. The van der Waals surface area contributed by atoms with Crippen molar-refractivity contribution in [3.8, 4) is 11.1 Å². The van der Waals surface area contributed by atoms with Crippen molar-refractivity contribution in [2.24, 2.45) is 5.73 Å². The van der Waals surface area contributed by atoms with E-state index in [1.54, 1.807) is 18.7 Å². The number of hydrogen-bond acceptors (Lipinski definition) is 5. The van der Waals surface area contributed by atoms with Crippen LogP contribution in [0.1, 0.15) is 88.6 Å². The van der Waals surface area contributed by atoms with Crippen LogP contribution in [0.5, 0.6) is 0 Å². The Labute approximate surface area is 242 Å². The van der Waals surface area contributed by atoms with Crippen LogP contribution in [0.4, 0.5) is 4.79 Å². The third-order valence-corrected chi connectivity index (χ3v) is 8.92. The van der Waals surface area contributed by atoms with Crippen molar-refractivity contribution in [1.82, 2.24) is 9.88 Å². The maximum Gasteiger partial charge on any atom is 0.411 e. The second-order valence-electron chi connectivity index (χ2n) is 12.4. The summed E-state index contributed by atoms with van der Waals surface area (Å²) >= 11 is 0. The number of aromatic nitrogens is 1. The summed E-state index contributed by atoms with van der Waals surface area (Å²) < 4.78 is 6.16. The van der Waals surface area contributed by atoms with Crippen LogP contribution in [0, 0.1) is 0 Å². The van der Waals surface area contributed by atoms with Crippen molar-refractivity contribution in [3.63, 3.8) is 0 Å². The van der Waals surface area contributed by atoms with Crippen LogP contribution in [-0.2, 0) is 20.5 Å². The maximum atomic E-state index is 13.4. The number of cyclic esters (lactones) is 1. The zero-order valence-electron chi connectivity index (χ0n) is 24.3. The fourth-order valence-corrected chi connectivity index (χ4v) is 6.66. The number of benzene rings is 2. The molecule has 1 aliphatic heterocycles. The van der Waals surface area contributed by atoms with Gasteiger partial charge < -0.3 is 20.5 Å². The van der Waals surface area contributed by atoms with E-state index in [1.165, 1.54) is 0 Å². The van der Waals surface area contributed by atoms with Gasteiger partial charge in [-0.05, 0) is 56.4 Å². The Balaban J connectivity index is 1.30. The Hall–Kier alpha value is -3.71. The van der Waals surface area contributed by atoms with Crippen molar-refractivity contribution < 1.29 is 19.4 Å². The summed E-state index contributed by atoms with van der Waals surface area (Å²) in [7, 11) is 0. The third-order valence-electron chi connectivity index (χ3n) is 8.92. The molecular formula is C34H41N3O4. The zero-order chi connectivity index (χ0) is 29.3. The SMILES string of the molecule is C[C@@H](c1ccc(-c2ccc(C3(C(N)=O)CCCCC3)nc2)cc1)N1CC[C@](CC(C)(C)O)(c2ccccc2)OC1=O. The number of nitrogens with zero attached hydrogens (tertiary/aromatic N) is 2. The molecule has 7 nitrogen and oxygen atoms in total. The lowest BCUT2D eigenvalue weighted by Crippen LogP contribution is -2.51. The summed E-state index contributed by atoms with van der Waals surface area (Å²) in [5, 5.41) is 10.6. The summed E-state index contributed by atoms with van der Waals surface area (Å²) in [5.41, 5.74) is 7.94. The summed E-state index contributed by atoms with van der Waals surface area (Å²) in [6.45, 7) is 6.01. The number of carbonyl (C=O) groups is 2. The van der Waals surface area contributed by atoms with Crippen molar-refractivity contribution >= 4 is 12.0 Å². The highest BCUT2D eigenvalue weighted by Gasteiger charge is 2.46. The average molecular weight is 556 g/mol. The molecule has 1 saturated carbocycles. The zero-order valence-corrected chi connectivity index (χ0v) is 24.3. The topological polar surface area (TPSA) is 106 Å². The molecule has 5 rings (SSSR count). The number of hydrogen-bond donors (Lipinski definition) is 2. The molecule has 1 saturated heterocycles. The van der Waals surface area contributed by atoms with E-state index >= 15 is 0 Å². The van der Waals surface area contributed by atoms with Crippen LogP contribution in [0.15, 0.2) is 72.9 Å². The van der Waals surface area contributed by atoms with E-state index in [2.05, 4.69) is 4.98 Å². The number of nitrogens with two attached hydrogens (primary N) is 1. The summed E-state index contributed by atoms with van der Waals surface area (Å²) in [5.74, 6) is -0.284. The molecule has 41 heavy (non-hydrogen) atoms. The Kier molecular flexibility index (Phi) is 7.93. The molecule has 2 fully saturated rings. The molecule has 0 spiro atoms. The number of amides is 2.